The van der Waals surface area contributed by atoms with Crippen molar-refractivity contribution in [2.45, 2.75) is 166 Å². The second-order valence-electron chi connectivity index (χ2n) is 14.4. The molecule has 1 saturated heterocycles. The Morgan fingerprint density at radius 1 is 0.552 bits per heavy atom. The molecular formula is C49H78O9. The molecule has 6 atom stereocenters. The van der Waals surface area contributed by atoms with E-state index in [2.05, 4.69) is 123 Å². The molecule has 0 aromatic rings. The number of aliphatic hydroxyl groups is 4. The first-order valence-electron chi connectivity index (χ1n) is 22.0. The third-order valence-corrected chi connectivity index (χ3v) is 9.18. The van der Waals surface area contributed by atoms with Crippen molar-refractivity contribution in [3.05, 3.63) is 109 Å². The van der Waals surface area contributed by atoms with Crippen LogP contribution >= 0.6 is 0 Å². The number of carbonyl (C=O) groups is 1. The van der Waals surface area contributed by atoms with Gasteiger partial charge in [0, 0.05) is 13.0 Å². The summed E-state index contributed by atoms with van der Waals surface area (Å²) in [5.74, 6) is -0.369. The Labute approximate surface area is 351 Å². The van der Waals surface area contributed by atoms with E-state index in [-0.39, 0.29) is 25.6 Å². The van der Waals surface area contributed by atoms with E-state index in [1.165, 1.54) is 0 Å². The molecule has 1 rings (SSSR count). The first-order valence-corrected chi connectivity index (χ1v) is 22.0. The Morgan fingerprint density at radius 2 is 1.00 bits per heavy atom. The summed E-state index contributed by atoms with van der Waals surface area (Å²) in [7, 11) is 0. The first-order chi connectivity index (χ1) is 28.4. The van der Waals surface area contributed by atoms with Crippen LogP contribution in [0.2, 0.25) is 0 Å². The van der Waals surface area contributed by atoms with Gasteiger partial charge in [0.1, 0.15) is 30.5 Å². The highest BCUT2D eigenvalue weighted by molar-refractivity contribution is 5.69. The van der Waals surface area contributed by atoms with Crippen molar-refractivity contribution in [3.63, 3.8) is 0 Å². The molecule has 0 spiro atoms. The number of rotatable bonds is 35. The Balaban J connectivity index is 2.34. The summed E-state index contributed by atoms with van der Waals surface area (Å²) >= 11 is 0. The molecule has 0 aliphatic carbocycles. The van der Waals surface area contributed by atoms with Gasteiger partial charge in [0.15, 0.2) is 6.29 Å². The molecule has 328 valence electrons. The van der Waals surface area contributed by atoms with Crippen molar-refractivity contribution in [1.29, 1.82) is 0 Å². The van der Waals surface area contributed by atoms with Crippen LogP contribution in [0.1, 0.15) is 129 Å². The first kappa shape index (κ1) is 52.9. The van der Waals surface area contributed by atoms with Gasteiger partial charge in [-0.3, -0.25) is 4.79 Å². The van der Waals surface area contributed by atoms with E-state index < -0.39 is 43.4 Å². The maximum absolute atomic E-state index is 12.7. The van der Waals surface area contributed by atoms with Crippen molar-refractivity contribution in [2.24, 2.45) is 0 Å². The lowest BCUT2D eigenvalue weighted by molar-refractivity contribution is -0.305. The second kappa shape index (κ2) is 39.3. The van der Waals surface area contributed by atoms with Crippen LogP contribution in [0.3, 0.4) is 0 Å². The van der Waals surface area contributed by atoms with Gasteiger partial charge in [-0.15, -0.1) is 0 Å². The largest absolute Gasteiger partial charge is 0.457 e. The molecule has 4 N–H and O–H groups in total. The molecular weight excluding hydrogens is 733 g/mol. The van der Waals surface area contributed by atoms with Crippen LogP contribution < -0.4 is 0 Å². The second-order valence-corrected chi connectivity index (χ2v) is 14.4. The highest BCUT2D eigenvalue weighted by atomic mass is 16.7. The van der Waals surface area contributed by atoms with E-state index in [1.807, 2.05) is 0 Å². The molecule has 0 aromatic carbocycles. The molecule has 9 heteroatoms. The zero-order valence-electron chi connectivity index (χ0n) is 35.7. The van der Waals surface area contributed by atoms with Gasteiger partial charge in [0.05, 0.1) is 19.8 Å². The fourth-order valence-electron chi connectivity index (χ4n) is 5.80. The average molecular weight is 811 g/mol. The van der Waals surface area contributed by atoms with Crippen molar-refractivity contribution < 1.29 is 44.2 Å². The summed E-state index contributed by atoms with van der Waals surface area (Å²) in [6.45, 7) is 4.18. The molecule has 6 unspecified atom stereocenters. The predicted molar refractivity (Wildman–Crippen MR) is 237 cm³/mol. The molecule has 1 aliphatic heterocycles. The van der Waals surface area contributed by atoms with E-state index in [4.69, 9.17) is 18.9 Å². The number of allylic oxidation sites excluding steroid dienone is 18. The van der Waals surface area contributed by atoms with Crippen LogP contribution in [-0.4, -0.2) is 89.6 Å². The Hall–Kier alpha value is -3.15. The molecule has 9 nitrogen and oxygen atoms in total. The number of aliphatic hydroxyl groups excluding tert-OH is 4. The molecule has 1 fully saturated rings. The monoisotopic (exact) mass is 811 g/mol. The average Bonchev–Trinajstić information content (AvgIpc) is 3.22. The normalized spacial score (nSPS) is 21.4. The fourth-order valence-corrected chi connectivity index (χ4v) is 5.80. The highest BCUT2D eigenvalue weighted by Crippen LogP contribution is 2.22. The number of hydrogen-bond acceptors (Lipinski definition) is 9. The maximum Gasteiger partial charge on any atom is 0.306 e. The zero-order chi connectivity index (χ0) is 42.2. The van der Waals surface area contributed by atoms with Crippen LogP contribution in [-0.2, 0) is 23.7 Å². The Bertz CT molecular complexity index is 1240. The zero-order valence-corrected chi connectivity index (χ0v) is 35.7. The third kappa shape index (κ3) is 30.0. The molecule has 0 bridgehead atoms. The topological polar surface area (TPSA) is 135 Å². The number of esters is 1. The van der Waals surface area contributed by atoms with Crippen LogP contribution in [0.25, 0.3) is 0 Å². The SMILES string of the molecule is CC/C=C\C/C=C\C/C=C\C/C=C\C/C=C\CCCCCCOCC(COC1OC(CO)C(O)C(O)C1O)OC(=O)CCCC/C=C\C/C=C\C/C=C\C/C=C\CC. The smallest absolute Gasteiger partial charge is 0.306 e. The molecule has 0 radical (unpaired) electrons. The molecule has 0 saturated carbocycles. The summed E-state index contributed by atoms with van der Waals surface area (Å²) < 4.78 is 22.7. The lowest BCUT2D eigenvalue weighted by Crippen LogP contribution is -2.59. The highest BCUT2D eigenvalue weighted by Gasteiger charge is 2.44. The molecule has 0 amide bonds. The minimum absolute atomic E-state index is 0.102. The standard InChI is InChI=1S/C49H78O9/c1-3-5-7-9-11-13-15-17-19-20-21-22-23-25-27-29-31-33-35-37-39-55-41-43(42-56-49-48(54)47(53)46(52)44(40-50)58-49)57-45(51)38-36-34-32-30-28-26-24-18-16-14-12-10-8-6-4-2/h5-8,11-14,17-19,21-22,24-25,27-28,30,43-44,46-50,52-54H,3-4,9-10,15-16,20,23,26,29,31-42H2,1-2H3/b7-5-,8-6-,13-11-,14-12-,19-17-,22-21-,24-18-,27-25-,30-28-. The number of hydrogen-bond donors (Lipinski definition) is 4. The predicted octanol–water partition coefficient (Wildman–Crippen LogP) is 9.80. The minimum atomic E-state index is -1.56. The van der Waals surface area contributed by atoms with E-state index >= 15 is 0 Å². The third-order valence-electron chi connectivity index (χ3n) is 9.18. The van der Waals surface area contributed by atoms with E-state index in [9.17, 15) is 25.2 Å². The lowest BCUT2D eigenvalue weighted by Gasteiger charge is -2.39. The van der Waals surface area contributed by atoms with Crippen LogP contribution in [0.4, 0.5) is 0 Å². The summed E-state index contributed by atoms with van der Waals surface area (Å²) in [6.07, 6.45) is 48.3. The lowest BCUT2D eigenvalue weighted by atomic mass is 9.99. The van der Waals surface area contributed by atoms with Crippen LogP contribution in [0.15, 0.2) is 109 Å². The minimum Gasteiger partial charge on any atom is -0.457 e. The summed E-state index contributed by atoms with van der Waals surface area (Å²) in [6, 6.07) is 0. The van der Waals surface area contributed by atoms with Gasteiger partial charge in [0.2, 0.25) is 0 Å². The van der Waals surface area contributed by atoms with Gasteiger partial charge in [0.25, 0.3) is 0 Å². The number of ether oxygens (including phenoxy) is 4. The van der Waals surface area contributed by atoms with E-state index in [1.54, 1.807) is 0 Å². The van der Waals surface area contributed by atoms with E-state index in [0.717, 1.165) is 103 Å². The van der Waals surface area contributed by atoms with Gasteiger partial charge in [-0.25, -0.2) is 0 Å². The molecule has 1 heterocycles. The Kier molecular flexibility index (Phi) is 35.8. The van der Waals surface area contributed by atoms with Gasteiger partial charge in [-0.05, 0) is 96.3 Å². The maximum atomic E-state index is 12.7. The van der Waals surface area contributed by atoms with Crippen molar-refractivity contribution in [2.75, 3.05) is 26.4 Å². The van der Waals surface area contributed by atoms with Gasteiger partial charge in [-0.2, -0.15) is 0 Å². The van der Waals surface area contributed by atoms with E-state index in [0.29, 0.717) is 13.0 Å². The van der Waals surface area contributed by atoms with Crippen molar-refractivity contribution >= 4 is 5.97 Å². The fraction of sp³-hybridized carbons (Fsp3) is 0.612. The summed E-state index contributed by atoms with van der Waals surface area (Å²) in [4.78, 5) is 12.7. The van der Waals surface area contributed by atoms with Crippen molar-refractivity contribution in [3.8, 4) is 0 Å². The molecule has 58 heavy (non-hydrogen) atoms. The van der Waals surface area contributed by atoms with Gasteiger partial charge in [-0.1, -0.05) is 136 Å². The quantitative estimate of drug-likeness (QED) is 0.0280. The molecule has 1 aliphatic rings. The van der Waals surface area contributed by atoms with Gasteiger partial charge < -0.3 is 39.4 Å². The summed E-state index contributed by atoms with van der Waals surface area (Å²) in [5, 5.41) is 40.1. The van der Waals surface area contributed by atoms with Crippen LogP contribution in [0, 0.1) is 0 Å². The molecule has 0 aromatic heterocycles. The number of unbranched alkanes of at least 4 members (excludes halogenated alkanes) is 6. The van der Waals surface area contributed by atoms with Gasteiger partial charge >= 0.3 is 5.97 Å². The van der Waals surface area contributed by atoms with Crippen LogP contribution in [0.5, 0.6) is 0 Å². The summed E-state index contributed by atoms with van der Waals surface area (Å²) in [5.41, 5.74) is 0. The number of carbonyl (C=O) groups excluding carboxylic acids is 1. The van der Waals surface area contributed by atoms with Crippen molar-refractivity contribution in [1.82, 2.24) is 0 Å². The Morgan fingerprint density at radius 3 is 1.48 bits per heavy atom.